The zero-order valence-electron chi connectivity index (χ0n) is 16.0. The lowest BCUT2D eigenvalue weighted by molar-refractivity contribution is -0.123. The van der Waals surface area contributed by atoms with Crippen LogP contribution in [0.25, 0.3) is 6.08 Å². The van der Waals surface area contributed by atoms with Crippen molar-refractivity contribution in [2.24, 2.45) is 0 Å². The zero-order valence-corrected chi connectivity index (χ0v) is 16.8. The molecule has 2 saturated heterocycles. The number of anilines is 1. The normalized spacial score (nSPS) is 18.6. The van der Waals surface area contributed by atoms with E-state index in [2.05, 4.69) is 4.90 Å². The molecule has 2 aliphatic heterocycles. The summed E-state index contributed by atoms with van der Waals surface area (Å²) in [5, 5.41) is -0.261. The van der Waals surface area contributed by atoms with Gasteiger partial charge in [0.1, 0.15) is 12.4 Å². The van der Waals surface area contributed by atoms with Crippen molar-refractivity contribution in [3.63, 3.8) is 0 Å². The number of ether oxygens (including phenoxy) is 2. The highest BCUT2D eigenvalue weighted by atomic mass is 32.2. The Hall–Kier alpha value is -2.77. The summed E-state index contributed by atoms with van der Waals surface area (Å²) in [5.41, 5.74) is 2.03. The molecule has 150 valence electrons. The van der Waals surface area contributed by atoms with Gasteiger partial charge in [-0.3, -0.25) is 14.5 Å². The number of morpholine rings is 1. The van der Waals surface area contributed by atoms with Crippen LogP contribution in [0.3, 0.4) is 0 Å². The molecule has 0 radical (unpaired) electrons. The Morgan fingerprint density at radius 1 is 1.00 bits per heavy atom. The van der Waals surface area contributed by atoms with Crippen LogP contribution in [-0.2, 0) is 9.53 Å². The first-order valence-electron chi connectivity index (χ1n) is 9.57. The molecule has 2 amide bonds. The van der Waals surface area contributed by atoms with Gasteiger partial charge in [0.25, 0.3) is 11.1 Å². The first-order chi connectivity index (χ1) is 14.2. The Labute approximate surface area is 174 Å². The highest BCUT2D eigenvalue weighted by molar-refractivity contribution is 8.18. The zero-order chi connectivity index (χ0) is 20.1. The van der Waals surface area contributed by atoms with Crippen LogP contribution < -0.4 is 9.64 Å². The smallest absolute Gasteiger partial charge is 0.293 e. The minimum absolute atomic E-state index is 0.229. The third-order valence-corrected chi connectivity index (χ3v) is 5.67. The Bertz CT molecular complexity index is 893. The molecule has 2 aromatic rings. The molecule has 0 bridgehead atoms. The predicted molar refractivity (Wildman–Crippen MR) is 114 cm³/mol. The van der Waals surface area contributed by atoms with Gasteiger partial charge in [-0.05, 0) is 47.7 Å². The van der Waals surface area contributed by atoms with Gasteiger partial charge in [0.05, 0.1) is 24.7 Å². The number of amides is 2. The highest BCUT2D eigenvalue weighted by Crippen LogP contribution is 2.32. The van der Waals surface area contributed by atoms with Crippen LogP contribution in [0.1, 0.15) is 5.56 Å². The molecule has 0 aromatic heterocycles. The van der Waals surface area contributed by atoms with Crippen molar-refractivity contribution in [2.75, 3.05) is 44.4 Å². The number of hydrogen-bond donors (Lipinski definition) is 0. The number of carbonyl (C=O) groups is 2. The maximum absolute atomic E-state index is 12.6. The summed E-state index contributed by atoms with van der Waals surface area (Å²) in [6, 6.07) is 17.4. The SMILES string of the molecule is O=C1S/C(=C\c2ccc(N3CCOCC3)cc2)C(=O)N1CCOc1ccccc1. The van der Waals surface area contributed by atoms with E-state index in [-0.39, 0.29) is 24.3 Å². The van der Waals surface area contributed by atoms with Gasteiger partial charge < -0.3 is 14.4 Å². The fourth-order valence-corrected chi connectivity index (χ4v) is 4.08. The van der Waals surface area contributed by atoms with Gasteiger partial charge in [-0.1, -0.05) is 30.3 Å². The van der Waals surface area contributed by atoms with E-state index in [1.807, 2.05) is 54.6 Å². The van der Waals surface area contributed by atoms with Crippen molar-refractivity contribution >= 4 is 34.7 Å². The molecule has 4 rings (SSSR count). The average molecular weight is 410 g/mol. The van der Waals surface area contributed by atoms with Gasteiger partial charge in [-0.25, -0.2) is 0 Å². The summed E-state index contributed by atoms with van der Waals surface area (Å²) in [6.07, 6.45) is 1.77. The fourth-order valence-electron chi connectivity index (χ4n) is 3.22. The predicted octanol–water partition coefficient (Wildman–Crippen LogP) is 3.64. The molecule has 0 spiro atoms. The summed E-state index contributed by atoms with van der Waals surface area (Å²) in [4.78, 5) is 28.8. The minimum Gasteiger partial charge on any atom is -0.492 e. The summed E-state index contributed by atoms with van der Waals surface area (Å²) in [7, 11) is 0. The lowest BCUT2D eigenvalue weighted by Gasteiger charge is -2.28. The van der Waals surface area contributed by atoms with Crippen LogP contribution >= 0.6 is 11.8 Å². The number of rotatable bonds is 6. The van der Waals surface area contributed by atoms with Crippen molar-refractivity contribution in [3.05, 3.63) is 65.1 Å². The topological polar surface area (TPSA) is 59.1 Å². The molecule has 0 aliphatic carbocycles. The second-order valence-electron chi connectivity index (χ2n) is 6.69. The van der Waals surface area contributed by atoms with Gasteiger partial charge in [0.15, 0.2) is 0 Å². The summed E-state index contributed by atoms with van der Waals surface area (Å²) >= 11 is 0.971. The van der Waals surface area contributed by atoms with Crippen LogP contribution in [-0.4, -0.2) is 55.5 Å². The molecule has 2 fully saturated rings. The van der Waals surface area contributed by atoms with E-state index in [1.165, 1.54) is 4.90 Å². The van der Waals surface area contributed by atoms with E-state index in [1.54, 1.807) is 6.08 Å². The fraction of sp³-hybridized carbons (Fsp3) is 0.273. The molecule has 0 unspecified atom stereocenters. The maximum Gasteiger partial charge on any atom is 0.293 e. The van der Waals surface area contributed by atoms with Gasteiger partial charge in [-0.15, -0.1) is 0 Å². The largest absolute Gasteiger partial charge is 0.492 e. The van der Waals surface area contributed by atoms with Crippen LogP contribution in [0, 0.1) is 0 Å². The molecule has 7 heteroatoms. The third-order valence-electron chi connectivity index (χ3n) is 4.77. The van der Waals surface area contributed by atoms with E-state index in [0.29, 0.717) is 4.91 Å². The van der Waals surface area contributed by atoms with Gasteiger partial charge in [0.2, 0.25) is 0 Å². The van der Waals surface area contributed by atoms with E-state index in [0.717, 1.165) is 55.1 Å². The second kappa shape index (κ2) is 9.15. The average Bonchev–Trinajstić information content (AvgIpc) is 3.03. The molecule has 0 N–H and O–H groups in total. The molecule has 29 heavy (non-hydrogen) atoms. The van der Waals surface area contributed by atoms with Gasteiger partial charge in [0, 0.05) is 18.8 Å². The molecule has 2 aromatic carbocycles. The Morgan fingerprint density at radius 2 is 1.72 bits per heavy atom. The minimum atomic E-state index is -0.270. The van der Waals surface area contributed by atoms with Crippen molar-refractivity contribution in [1.29, 1.82) is 0 Å². The molecule has 6 nitrogen and oxygen atoms in total. The van der Waals surface area contributed by atoms with Crippen LogP contribution in [0.5, 0.6) is 5.75 Å². The van der Waals surface area contributed by atoms with Crippen molar-refractivity contribution in [1.82, 2.24) is 4.90 Å². The quantitative estimate of drug-likeness (QED) is 0.678. The van der Waals surface area contributed by atoms with E-state index >= 15 is 0 Å². The first kappa shape index (κ1) is 19.5. The van der Waals surface area contributed by atoms with Crippen molar-refractivity contribution < 1.29 is 19.1 Å². The van der Waals surface area contributed by atoms with Crippen molar-refractivity contribution in [3.8, 4) is 5.75 Å². The summed E-state index contributed by atoms with van der Waals surface area (Å²) in [5.74, 6) is 0.448. The van der Waals surface area contributed by atoms with E-state index < -0.39 is 0 Å². The number of benzene rings is 2. The summed E-state index contributed by atoms with van der Waals surface area (Å²) < 4.78 is 11.0. The molecule has 0 saturated carbocycles. The standard InChI is InChI=1S/C22H22N2O4S/c25-21-20(16-17-6-8-18(9-7-17)23-10-13-27-14-11-23)29-22(26)24(21)12-15-28-19-4-2-1-3-5-19/h1-9,16H,10-15H2/b20-16-. The summed E-state index contributed by atoms with van der Waals surface area (Å²) in [6.45, 7) is 3.73. The molecule has 2 heterocycles. The first-order valence-corrected chi connectivity index (χ1v) is 10.4. The number of carbonyl (C=O) groups excluding carboxylic acids is 2. The lowest BCUT2D eigenvalue weighted by atomic mass is 10.1. The Balaban J connectivity index is 1.36. The van der Waals surface area contributed by atoms with Gasteiger partial charge in [-0.2, -0.15) is 0 Å². The third kappa shape index (κ3) is 4.81. The Morgan fingerprint density at radius 3 is 2.45 bits per heavy atom. The number of nitrogens with zero attached hydrogens (tertiary/aromatic N) is 2. The lowest BCUT2D eigenvalue weighted by Crippen LogP contribution is -2.36. The number of hydrogen-bond acceptors (Lipinski definition) is 6. The molecular formula is C22H22N2O4S. The molecular weight excluding hydrogens is 388 g/mol. The van der Waals surface area contributed by atoms with Crippen molar-refractivity contribution in [2.45, 2.75) is 0 Å². The molecule has 2 aliphatic rings. The van der Waals surface area contributed by atoms with Gasteiger partial charge >= 0.3 is 0 Å². The maximum atomic E-state index is 12.6. The Kier molecular flexibility index (Phi) is 6.17. The number of thioether (sulfide) groups is 1. The monoisotopic (exact) mass is 410 g/mol. The van der Waals surface area contributed by atoms with Crippen LogP contribution in [0.15, 0.2) is 59.5 Å². The highest BCUT2D eigenvalue weighted by Gasteiger charge is 2.34. The molecule has 0 atom stereocenters. The second-order valence-corrected chi connectivity index (χ2v) is 7.68. The van der Waals surface area contributed by atoms with E-state index in [9.17, 15) is 9.59 Å². The number of imide groups is 1. The van der Waals surface area contributed by atoms with E-state index in [4.69, 9.17) is 9.47 Å². The van der Waals surface area contributed by atoms with Crippen LogP contribution in [0.2, 0.25) is 0 Å². The number of para-hydroxylation sites is 1. The van der Waals surface area contributed by atoms with Crippen LogP contribution in [0.4, 0.5) is 10.5 Å².